The van der Waals surface area contributed by atoms with Crippen LogP contribution in [0.15, 0.2) is 12.2 Å². The van der Waals surface area contributed by atoms with Crippen molar-refractivity contribution < 1.29 is 9.18 Å². The second-order valence-electron chi connectivity index (χ2n) is 1.93. The Morgan fingerprint density at radius 1 is 1.80 bits per heavy atom. The van der Waals surface area contributed by atoms with E-state index in [1.165, 1.54) is 6.92 Å². The van der Waals surface area contributed by atoms with Crippen LogP contribution in [0.4, 0.5) is 4.39 Å². The zero-order valence-electron chi connectivity index (χ0n) is 6.23. The Kier molecular flexibility index (Phi) is 4.54. The van der Waals surface area contributed by atoms with E-state index < -0.39 is 12.1 Å². The van der Waals surface area contributed by atoms with Gasteiger partial charge in [0.2, 0.25) is 0 Å². The lowest BCUT2D eigenvalue weighted by Crippen LogP contribution is -2.30. The van der Waals surface area contributed by atoms with Gasteiger partial charge in [-0.15, -0.1) is 0 Å². The zero-order chi connectivity index (χ0) is 7.98. The molecule has 0 rings (SSSR count). The summed E-state index contributed by atoms with van der Waals surface area (Å²) in [4.78, 5) is 10.5. The van der Waals surface area contributed by atoms with E-state index in [1.54, 1.807) is 12.2 Å². The standard InChI is InChI=1S/C7H12FNO/c1-3-4-5-9-7(10)6(2)8/h3-4,6H,5H2,1-2H3,(H,9,10)/b4-3+. The first-order valence-corrected chi connectivity index (χ1v) is 3.21. The lowest BCUT2D eigenvalue weighted by molar-refractivity contribution is -0.125. The van der Waals surface area contributed by atoms with Crippen LogP contribution in [-0.4, -0.2) is 18.6 Å². The third-order valence-corrected chi connectivity index (χ3v) is 0.991. The van der Waals surface area contributed by atoms with Crippen molar-refractivity contribution in [1.29, 1.82) is 0 Å². The third kappa shape index (κ3) is 4.06. The topological polar surface area (TPSA) is 29.1 Å². The van der Waals surface area contributed by atoms with Crippen molar-refractivity contribution in [2.24, 2.45) is 0 Å². The van der Waals surface area contributed by atoms with Crippen molar-refractivity contribution in [3.05, 3.63) is 12.2 Å². The molecule has 0 spiro atoms. The van der Waals surface area contributed by atoms with Crippen LogP contribution in [0.5, 0.6) is 0 Å². The van der Waals surface area contributed by atoms with Gasteiger partial charge in [0.25, 0.3) is 5.91 Å². The number of hydrogen-bond donors (Lipinski definition) is 1. The number of alkyl halides is 1. The van der Waals surface area contributed by atoms with Gasteiger partial charge in [0, 0.05) is 6.54 Å². The highest BCUT2D eigenvalue weighted by Gasteiger charge is 2.07. The maximum atomic E-state index is 12.1. The highest BCUT2D eigenvalue weighted by molar-refractivity contribution is 5.80. The Bertz CT molecular complexity index is 132. The fourth-order valence-corrected chi connectivity index (χ4v) is 0.418. The smallest absolute Gasteiger partial charge is 0.254 e. The second kappa shape index (κ2) is 4.97. The van der Waals surface area contributed by atoms with Gasteiger partial charge in [0.15, 0.2) is 6.17 Å². The predicted octanol–water partition coefficient (Wildman–Crippen LogP) is 1.04. The van der Waals surface area contributed by atoms with E-state index in [0.717, 1.165) is 0 Å². The lowest BCUT2D eigenvalue weighted by Gasteiger charge is -2.00. The van der Waals surface area contributed by atoms with E-state index in [1.807, 2.05) is 6.92 Å². The molecule has 1 N–H and O–H groups in total. The van der Waals surface area contributed by atoms with Crippen molar-refractivity contribution >= 4 is 5.91 Å². The molecule has 0 aliphatic carbocycles. The van der Waals surface area contributed by atoms with Crippen LogP contribution < -0.4 is 5.32 Å². The van der Waals surface area contributed by atoms with Crippen molar-refractivity contribution in [3.8, 4) is 0 Å². The van der Waals surface area contributed by atoms with Crippen LogP contribution >= 0.6 is 0 Å². The average Bonchev–Trinajstić information content (AvgIpc) is 1.88. The van der Waals surface area contributed by atoms with Gasteiger partial charge in [-0.3, -0.25) is 4.79 Å². The molecule has 0 aromatic heterocycles. The maximum Gasteiger partial charge on any atom is 0.254 e. The third-order valence-electron chi connectivity index (χ3n) is 0.991. The minimum atomic E-state index is -1.41. The van der Waals surface area contributed by atoms with E-state index in [4.69, 9.17) is 0 Å². The largest absolute Gasteiger partial charge is 0.350 e. The van der Waals surface area contributed by atoms with Gasteiger partial charge in [0.1, 0.15) is 0 Å². The highest BCUT2D eigenvalue weighted by Crippen LogP contribution is 1.85. The Morgan fingerprint density at radius 3 is 2.80 bits per heavy atom. The van der Waals surface area contributed by atoms with E-state index >= 15 is 0 Å². The van der Waals surface area contributed by atoms with Crippen LogP contribution in [0, 0.1) is 0 Å². The minimum Gasteiger partial charge on any atom is -0.350 e. The van der Waals surface area contributed by atoms with Crippen molar-refractivity contribution in [1.82, 2.24) is 5.32 Å². The first-order valence-electron chi connectivity index (χ1n) is 3.21. The molecule has 2 nitrogen and oxygen atoms in total. The summed E-state index contributed by atoms with van der Waals surface area (Å²) >= 11 is 0. The molecule has 1 atom stereocenters. The number of halogens is 1. The summed E-state index contributed by atoms with van der Waals surface area (Å²) in [6.07, 6.45) is 2.13. The van der Waals surface area contributed by atoms with E-state index in [0.29, 0.717) is 6.54 Å². The van der Waals surface area contributed by atoms with E-state index in [2.05, 4.69) is 5.32 Å². The number of rotatable bonds is 3. The average molecular weight is 145 g/mol. The number of allylic oxidation sites excluding steroid dienone is 1. The second-order valence-corrected chi connectivity index (χ2v) is 1.93. The monoisotopic (exact) mass is 145 g/mol. The molecule has 0 aliphatic rings. The van der Waals surface area contributed by atoms with E-state index in [9.17, 15) is 9.18 Å². The molecular formula is C7H12FNO. The van der Waals surface area contributed by atoms with Crippen molar-refractivity contribution in [2.75, 3.05) is 6.54 Å². The molecule has 0 saturated carbocycles. The summed E-state index contributed by atoms with van der Waals surface area (Å²) < 4.78 is 12.1. The Hall–Kier alpha value is -0.860. The van der Waals surface area contributed by atoms with Crippen molar-refractivity contribution in [3.63, 3.8) is 0 Å². The molecular weight excluding hydrogens is 133 g/mol. The van der Waals surface area contributed by atoms with Gasteiger partial charge in [-0.1, -0.05) is 12.2 Å². The van der Waals surface area contributed by atoms with E-state index in [-0.39, 0.29) is 0 Å². The summed E-state index contributed by atoms with van der Waals surface area (Å²) in [6, 6.07) is 0. The number of carbonyl (C=O) groups is 1. The molecule has 0 heterocycles. The van der Waals surface area contributed by atoms with Gasteiger partial charge in [-0.05, 0) is 13.8 Å². The minimum absolute atomic E-state index is 0.406. The van der Waals surface area contributed by atoms with Gasteiger partial charge in [-0.2, -0.15) is 0 Å². The van der Waals surface area contributed by atoms with Crippen molar-refractivity contribution in [2.45, 2.75) is 20.0 Å². The first-order chi connectivity index (χ1) is 4.68. The van der Waals surface area contributed by atoms with Crippen LogP contribution in [0.3, 0.4) is 0 Å². The normalized spacial score (nSPS) is 13.5. The SMILES string of the molecule is C/C=C/CNC(=O)C(C)F. The fraction of sp³-hybridized carbons (Fsp3) is 0.571. The highest BCUT2D eigenvalue weighted by atomic mass is 19.1. The molecule has 0 fully saturated rings. The molecule has 58 valence electrons. The fourth-order valence-electron chi connectivity index (χ4n) is 0.418. The summed E-state index contributed by atoms with van der Waals surface area (Å²) in [5.74, 6) is -0.557. The number of carbonyl (C=O) groups excluding carboxylic acids is 1. The van der Waals surface area contributed by atoms with Crippen LogP contribution in [0.25, 0.3) is 0 Å². The summed E-state index contributed by atoms with van der Waals surface area (Å²) in [5, 5.41) is 2.38. The van der Waals surface area contributed by atoms with Crippen LogP contribution in [0.2, 0.25) is 0 Å². The van der Waals surface area contributed by atoms with Crippen LogP contribution in [0.1, 0.15) is 13.8 Å². The summed E-state index contributed by atoms with van der Waals surface area (Å²) in [6.45, 7) is 3.46. The number of hydrogen-bond acceptors (Lipinski definition) is 1. The number of amides is 1. The number of nitrogens with one attached hydrogen (secondary N) is 1. The Balaban J connectivity index is 3.40. The van der Waals surface area contributed by atoms with Gasteiger partial charge in [-0.25, -0.2) is 4.39 Å². The Labute approximate surface area is 60.1 Å². The predicted molar refractivity (Wildman–Crippen MR) is 38.4 cm³/mol. The molecule has 0 aliphatic heterocycles. The zero-order valence-corrected chi connectivity index (χ0v) is 6.23. The summed E-state index contributed by atoms with van der Waals surface area (Å²) in [7, 11) is 0. The van der Waals surface area contributed by atoms with Gasteiger partial charge in [0.05, 0.1) is 0 Å². The maximum absolute atomic E-state index is 12.1. The molecule has 1 amide bonds. The van der Waals surface area contributed by atoms with Gasteiger partial charge >= 0.3 is 0 Å². The quantitative estimate of drug-likeness (QED) is 0.590. The molecule has 10 heavy (non-hydrogen) atoms. The molecule has 0 bridgehead atoms. The molecule has 0 aromatic carbocycles. The first kappa shape index (κ1) is 9.14. The molecule has 3 heteroatoms. The Morgan fingerprint density at radius 2 is 2.40 bits per heavy atom. The lowest BCUT2D eigenvalue weighted by atomic mass is 10.4. The molecule has 0 aromatic rings. The van der Waals surface area contributed by atoms with Gasteiger partial charge < -0.3 is 5.32 Å². The molecule has 0 radical (unpaired) electrons. The molecule has 1 unspecified atom stereocenters. The molecule has 0 saturated heterocycles. The summed E-state index contributed by atoms with van der Waals surface area (Å²) in [5.41, 5.74) is 0. The van der Waals surface area contributed by atoms with Crippen LogP contribution in [-0.2, 0) is 4.79 Å².